The summed E-state index contributed by atoms with van der Waals surface area (Å²) in [6.45, 7) is 26.7. The van der Waals surface area contributed by atoms with Gasteiger partial charge < -0.3 is 27.2 Å². The molecule has 0 radical (unpaired) electrons. The molecule has 0 bridgehead atoms. The third kappa shape index (κ3) is 10.7. The first-order valence-corrected chi connectivity index (χ1v) is 24.3. The minimum absolute atomic E-state index is 0.245. The highest BCUT2D eigenvalue weighted by Gasteiger charge is 2.51. The van der Waals surface area contributed by atoms with Crippen LogP contribution >= 0.6 is 0 Å². The number of hydrogen-bond acceptors (Lipinski definition) is 6. The van der Waals surface area contributed by atoms with Gasteiger partial charge in [0.25, 0.3) is 0 Å². The molecular weight excluding hydrogens is 437 g/mol. The summed E-state index contributed by atoms with van der Waals surface area (Å²) in [5.41, 5.74) is 0. The Balaban J connectivity index is 3.29. The van der Waals surface area contributed by atoms with Crippen molar-refractivity contribution in [2.45, 2.75) is 109 Å². The molecule has 0 aliphatic carbocycles. The summed E-state index contributed by atoms with van der Waals surface area (Å²) >= 11 is 0. The average Bonchev–Trinajstić information content (AvgIpc) is 2.43. The van der Waals surface area contributed by atoms with Crippen LogP contribution in [0.4, 0.5) is 0 Å². The second-order valence-corrected chi connectivity index (χ2v) is 29.7. The van der Waals surface area contributed by atoms with E-state index in [1.54, 1.807) is 7.11 Å². The molecule has 1 heterocycles. The Hall–Kier alpha value is 0.628. The van der Waals surface area contributed by atoms with Crippen molar-refractivity contribution in [2.75, 3.05) is 13.7 Å². The molecule has 0 spiro atoms. The zero-order valence-electron chi connectivity index (χ0n) is 21.0. The highest BCUT2D eigenvalue weighted by Crippen LogP contribution is 2.33. The smallest absolute Gasteiger partial charge is 0.187 e. The van der Waals surface area contributed by atoms with E-state index in [2.05, 4.69) is 78.6 Å². The van der Waals surface area contributed by atoms with Gasteiger partial charge in [-0.3, -0.25) is 0 Å². The SMILES string of the molecule is CO[C@@H]1[C@@H](O[Si](C)(C)C)[C@H](CO[Si](C)(C)C)OC(O[Si](C)(C)C)[C@H]1O[Si](C)(C)C. The van der Waals surface area contributed by atoms with Crippen molar-refractivity contribution in [1.29, 1.82) is 0 Å². The standard InChI is InChI=1S/C19H46O6Si4/c1-20-17-16(23-27(5,6)7)15(14-21-26(2,3)4)22-19(25-29(11,12)13)18(17)24-28(8,9)10/h15-19H,14H2,1-13H3/t15-,16-,17+,18-,19?/m0/s1. The van der Waals surface area contributed by atoms with Crippen LogP contribution in [0.3, 0.4) is 0 Å². The monoisotopic (exact) mass is 482 g/mol. The molecule has 174 valence electrons. The van der Waals surface area contributed by atoms with Crippen molar-refractivity contribution in [3.05, 3.63) is 0 Å². The maximum atomic E-state index is 6.60. The third-order valence-corrected chi connectivity index (χ3v) is 7.92. The van der Waals surface area contributed by atoms with Gasteiger partial charge in [-0.2, -0.15) is 0 Å². The van der Waals surface area contributed by atoms with Crippen molar-refractivity contribution in [3.63, 3.8) is 0 Å². The summed E-state index contributed by atoms with van der Waals surface area (Å²) in [5.74, 6) is 0. The Morgan fingerprint density at radius 1 is 0.586 bits per heavy atom. The van der Waals surface area contributed by atoms with E-state index < -0.39 is 39.6 Å². The predicted octanol–water partition coefficient (Wildman–Crippen LogP) is 4.87. The number of rotatable bonds is 10. The first kappa shape index (κ1) is 27.7. The van der Waals surface area contributed by atoms with E-state index in [9.17, 15) is 0 Å². The lowest BCUT2D eigenvalue weighted by molar-refractivity contribution is -0.276. The molecule has 29 heavy (non-hydrogen) atoms. The van der Waals surface area contributed by atoms with Gasteiger partial charge in [0.1, 0.15) is 24.4 Å². The largest absolute Gasteiger partial charge is 0.415 e. The van der Waals surface area contributed by atoms with Gasteiger partial charge in [-0.05, 0) is 78.6 Å². The molecule has 0 aromatic carbocycles. The van der Waals surface area contributed by atoms with Crippen LogP contribution in [0.1, 0.15) is 0 Å². The van der Waals surface area contributed by atoms with Gasteiger partial charge in [-0.25, -0.2) is 0 Å². The highest BCUT2D eigenvalue weighted by atomic mass is 28.4. The minimum atomic E-state index is -1.87. The zero-order chi connectivity index (χ0) is 22.8. The maximum absolute atomic E-state index is 6.60. The summed E-state index contributed by atoms with van der Waals surface area (Å²) in [6.07, 6.45) is -1.55. The van der Waals surface area contributed by atoms with Crippen molar-refractivity contribution >= 4 is 33.3 Å². The molecule has 1 aliphatic rings. The van der Waals surface area contributed by atoms with Crippen molar-refractivity contribution < 1.29 is 27.2 Å². The summed E-state index contributed by atoms with van der Waals surface area (Å²) in [6, 6.07) is 0. The highest BCUT2D eigenvalue weighted by molar-refractivity contribution is 6.71. The Morgan fingerprint density at radius 3 is 1.41 bits per heavy atom. The van der Waals surface area contributed by atoms with Crippen LogP contribution < -0.4 is 0 Å². The fourth-order valence-electron chi connectivity index (χ4n) is 3.14. The fourth-order valence-corrected chi connectivity index (χ4v) is 6.86. The van der Waals surface area contributed by atoms with Crippen molar-refractivity contribution in [2.24, 2.45) is 0 Å². The minimum Gasteiger partial charge on any atom is -0.415 e. The molecule has 0 saturated carbocycles. The summed E-state index contributed by atoms with van der Waals surface area (Å²) < 4.78 is 38.4. The molecule has 0 aromatic rings. The van der Waals surface area contributed by atoms with Crippen molar-refractivity contribution in [3.8, 4) is 0 Å². The third-order valence-electron chi connectivity index (χ3n) is 3.99. The van der Waals surface area contributed by atoms with E-state index in [-0.39, 0.29) is 24.4 Å². The van der Waals surface area contributed by atoms with Gasteiger partial charge in [0.15, 0.2) is 39.6 Å². The Morgan fingerprint density at radius 2 is 1.03 bits per heavy atom. The van der Waals surface area contributed by atoms with Gasteiger partial charge in [0.2, 0.25) is 0 Å². The molecule has 1 saturated heterocycles. The number of ether oxygens (including phenoxy) is 2. The van der Waals surface area contributed by atoms with Gasteiger partial charge in [-0.15, -0.1) is 0 Å². The quantitative estimate of drug-likeness (QED) is 0.414. The van der Waals surface area contributed by atoms with Crippen LogP contribution in [0, 0.1) is 0 Å². The van der Waals surface area contributed by atoms with E-state index in [0.717, 1.165) is 0 Å². The second kappa shape index (κ2) is 10.1. The molecule has 1 fully saturated rings. The molecule has 6 nitrogen and oxygen atoms in total. The van der Waals surface area contributed by atoms with Crippen LogP contribution in [0.5, 0.6) is 0 Å². The Kier molecular flexibility index (Phi) is 9.59. The number of hydrogen-bond donors (Lipinski definition) is 0. The van der Waals surface area contributed by atoms with Gasteiger partial charge in [0, 0.05) is 7.11 Å². The van der Waals surface area contributed by atoms with Crippen LogP contribution in [-0.4, -0.2) is 77.7 Å². The molecule has 5 atom stereocenters. The topological polar surface area (TPSA) is 55.4 Å². The first-order chi connectivity index (χ1) is 12.8. The van der Waals surface area contributed by atoms with Gasteiger partial charge >= 0.3 is 0 Å². The molecular formula is C19H46O6Si4. The molecule has 0 amide bonds. The average molecular weight is 483 g/mol. The molecule has 10 heteroatoms. The fraction of sp³-hybridized carbons (Fsp3) is 1.00. The van der Waals surface area contributed by atoms with Crippen LogP contribution in [0.2, 0.25) is 78.6 Å². The van der Waals surface area contributed by atoms with Crippen LogP contribution in [0.15, 0.2) is 0 Å². The summed E-state index contributed by atoms with van der Waals surface area (Å²) in [7, 11) is -5.57. The van der Waals surface area contributed by atoms with E-state index >= 15 is 0 Å². The molecule has 0 aromatic heterocycles. The lowest BCUT2D eigenvalue weighted by Crippen LogP contribution is -2.65. The molecule has 1 aliphatic heterocycles. The van der Waals surface area contributed by atoms with Crippen molar-refractivity contribution in [1.82, 2.24) is 0 Å². The lowest BCUT2D eigenvalue weighted by atomic mass is 9.99. The van der Waals surface area contributed by atoms with Gasteiger partial charge in [0.05, 0.1) is 6.61 Å². The van der Waals surface area contributed by atoms with Crippen LogP contribution in [0.25, 0.3) is 0 Å². The molecule has 0 N–H and O–H groups in total. The lowest BCUT2D eigenvalue weighted by Gasteiger charge is -2.50. The van der Waals surface area contributed by atoms with E-state index in [4.69, 9.17) is 27.2 Å². The Bertz CT molecular complexity index is 507. The maximum Gasteiger partial charge on any atom is 0.187 e. The van der Waals surface area contributed by atoms with E-state index in [0.29, 0.717) is 6.61 Å². The van der Waals surface area contributed by atoms with Crippen LogP contribution in [-0.2, 0) is 27.2 Å². The normalized spacial score (nSPS) is 29.9. The molecule has 1 rings (SSSR count). The first-order valence-electron chi connectivity index (χ1n) is 10.7. The van der Waals surface area contributed by atoms with Gasteiger partial charge in [-0.1, -0.05) is 0 Å². The van der Waals surface area contributed by atoms with E-state index in [1.165, 1.54) is 0 Å². The molecule has 1 unspecified atom stereocenters. The number of methoxy groups -OCH3 is 1. The zero-order valence-corrected chi connectivity index (χ0v) is 25.0. The second-order valence-electron chi connectivity index (χ2n) is 11.8. The summed E-state index contributed by atoms with van der Waals surface area (Å²) in [4.78, 5) is 0. The summed E-state index contributed by atoms with van der Waals surface area (Å²) in [5, 5.41) is 0. The predicted molar refractivity (Wildman–Crippen MR) is 130 cm³/mol. The Labute approximate surface area is 183 Å². The van der Waals surface area contributed by atoms with E-state index in [1.807, 2.05) is 0 Å².